The van der Waals surface area contributed by atoms with Crippen molar-refractivity contribution in [2.24, 2.45) is 46.3 Å². The number of ether oxygens (including phenoxy) is 1. The largest absolute Gasteiger partial charge is 0.469 e. The Labute approximate surface area is 290 Å². The van der Waals surface area contributed by atoms with Gasteiger partial charge in [-0.15, -0.1) is 0 Å². The fraction of sp³-hybridized carbons (Fsp3) is 0.907. The molecule has 0 radical (unpaired) electrons. The predicted octanol–water partition coefficient (Wildman–Crippen LogP) is 11.8. The Morgan fingerprint density at radius 1 is 0.766 bits per heavy atom. The summed E-state index contributed by atoms with van der Waals surface area (Å²) in [5.41, 5.74) is 0.887. The Kier molecular flexibility index (Phi) is 15.7. The molecule has 4 fully saturated rings. The lowest BCUT2D eigenvalue weighted by Crippen LogP contribution is -2.55. The number of carbonyl (C=O) groups is 2. The first-order valence-electron chi connectivity index (χ1n) is 20.7. The van der Waals surface area contributed by atoms with Crippen LogP contribution >= 0.6 is 0 Å². The molecule has 0 bridgehead atoms. The maximum absolute atomic E-state index is 12.9. The van der Waals surface area contributed by atoms with Gasteiger partial charge in [0.05, 0.1) is 7.11 Å². The molecule has 4 heteroatoms. The molecule has 4 nitrogen and oxygen atoms in total. The van der Waals surface area contributed by atoms with Crippen LogP contribution < -0.4 is 5.32 Å². The molecule has 0 aliphatic heterocycles. The Morgan fingerprint density at radius 3 is 2.11 bits per heavy atom. The van der Waals surface area contributed by atoms with Crippen LogP contribution in [-0.4, -0.2) is 25.0 Å². The van der Waals surface area contributed by atoms with Crippen LogP contribution in [0.5, 0.6) is 0 Å². The molecular weight excluding hydrogens is 578 g/mol. The molecule has 0 spiro atoms. The first-order chi connectivity index (χ1) is 22.7. The third-order valence-corrected chi connectivity index (χ3v) is 14.5. The molecule has 0 aromatic carbocycles. The zero-order valence-corrected chi connectivity index (χ0v) is 31.6. The van der Waals surface area contributed by atoms with E-state index in [2.05, 4.69) is 45.2 Å². The first-order valence-corrected chi connectivity index (χ1v) is 20.7. The third-order valence-electron chi connectivity index (χ3n) is 14.5. The molecule has 4 aliphatic rings. The molecule has 4 rings (SSSR count). The van der Waals surface area contributed by atoms with Crippen molar-refractivity contribution in [3.63, 3.8) is 0 Å². The topological polar surface area (TPSA) is 55.4 Å². The van der Waals surface area contributed by atoms with Crippen molar-refractivity contribution in [2.75, 3.05) is 7.11 Å². The number of methoxy groups -OCH3 is 1. The van der Waals surface area contributed by atoms with E-state index in [1.807, 2.05) is 0 Å². The van der Waals surface area contributed by atoms with Crippen LogP contribution in [0.25, 0.3) is 0 Å². The molecule has 0 heterocycles. The number of unbranched alkanes of at least 4 members (excludes halogenated alkanes) is 11. The molecule has 4 saturated carbocycles. The van der Waals surface area contributed by atoms with Crippen molar-refractivity contribution < 1.29 is 14.3 Å². The van der Waals surface area contributed by atoms with E-state index in [1.54, 1.807) is 0 Å². The monoisotopic (exact) mass is 654 g/mol. The molecule has 9 atom stereocenters. The van der Waals surface area contributed by atoms with Crippen molar-refractivity contribution in [1.82, 2.24) is 5.32 Å². The van der Waals surface area contributed by atoms with E-state index in [1.165, 1.54) is 142 Å². The maximum Gasteiger partial charge on any atom is 0.305 e. The van der Waals surface area contributed by atoms with E-state index in [4.69, 9.17) is 4.74 Å². The number of hydrogen-bond acceptors (Lipinski definition) is 3. The van der Waals surface area contributed by atoms with Gasteiger partial charge >= 0.3 is 5.97 Å². The van der Waals surface area contributed by atoms with E-state index < -0.39 is 0 Å². The molecule has 47 heavy (non-hydrogen) atoms. The summed E-state index contributed by atoms with van der Waals surface area (Å²) in [6.07, 6.45) is 35.8. The lowest BCUT2D eigenvalue weighted by molar-refractivity contribution is -0.141. The Bertz CT molecular complexity index is 976. The molecular formula is C43H75NO3. The molecule has 0 aromatic heterocycles. The zero-order chi connectivity index (χ0) is 33.7. The van der Waals surface area contributed by atoms with Gasteiger partial charge in [0.1, 0.15) is 0 Å². The van der Waals surface area contributed by atoms with Gasteiger partial charge in [-0.3, -0.25) is 9.59 Å². The Balaban J connectivity index is 1.10. The minimum absolute atomic E-state index is 0.0543. The molecule has 270 valence electrons. The smallest absolute Gasteiger partial charge is 0.305 e. The fourth-order valence-corrected chi connectivity index (χ4v) is 11.7. The Hall–Kier alpha value is -1.32. The van der Waals surface area contributed by atoms with E-state index in [9.17, 15) is 9.59 Å². The van der Waals surface area contributed by atoms with Crippen LogP contribution in [0.3, 0.4) is 0 Å². The first kappa shape index (κ1) is 38.5. The summed E-state index contributed by atoms with van der Waals surface area (Å²) in [4.78, 5) is 24.8. The molecule has 1 unspecified atom stereocenters. The second-order valence-electron chi connectivity index (χ2n) is 17.4. The average molecular weight is 654 g/mol. The van der Waals surface area contributed by atoms with Crippen LogP contribution in [0.4, 0.5) is 0 Å². The van der Waals surface area contributed by atoms with Crippen LogP contribution in [-0.2, 0) is 14.3 Å². The van der Waals surface area contributed by atoms with E-state index in [0.29, 0.717) is 41.5 Å². The zero-order valence-electron chi connectivity index (χ0n) is 31.6. The van der Waals surface area contributed by atoms with E-state index >= 15 is 0 Å². The maximum atomic E-state index is 12.9. The summed E-state index contributed by atoms with van der Waals surface area (Å²) in [6, 6.07) is 0.389. The predicted molar refractivity (Wildman–Crippen MR) is 197 cm³/mol. The van der Waals surface area contributed by atoms with Gasteiger partial charge in [0.25, 0.3) is 0 Å². The summed E-state index contributed by atoms with van der Waals surface area (Å²) in [5, 5.41) is 3.50. The average Bonchev–Trinajstić information content (AvgIpc) is 3.42. The second-order valence-corrected chi connectivity index (χ2v) is 17.4. The van der Waals surface area contributed by atoms with Gasteiger partial charge in [0, 0.05) is 18.9 Å². The van der Waals surface area contributed by atoms with E-state index in [-0.39, 0.29) is 5.97 Å². The SMILES string of the molecule is CCCCCCCC/C=C\CCCCCCCC(=O)N[C@H]1CC[C@@]2(C)C(CC[C@H]3[C@@H]4CC[C@H]([C@H](C)CCC(=O)OC)[C@@]4(C)CC[C@@H]32)C1. The van der Waals surface area contributed by atoms with Gasteiger partial charge < -0.3 is 10.1 Å². The van der Waals surface area contributed by atoms with Gasteiger partial charge in [0.2, 0.25) is 5.91 Å². The minimum Gasteiger partial charge on any atom is -0.469 e. The van der Waals surface area contributed by atoms with Crippen LogP contribution in [0.2, 0.25) is 0 Å². The Morgan fingerprint density at radius 2 is 1.40 bits per heavy atom. The van der Waals surface area contributed by atoms with Gasteiger partial charge in [-0.2, -0.15) is 0 Å². The van der Waals surface area contributed by atoms with Crippen molar-refractivity contribution in [3.05, 3.63) is 12.2 Å². The van der Waals surface area contributed by atoms with Crippen molar-refractivity contribution in [2.45, 2.75) is 194 Å². The van der Waals surface area contributed by atoms with Crippen molar-refractivity contribution in [3.8, 4) is 0 Å². The molecule has 0 aromatic rings. The highest BCUT2D eigenvalue weighted by atomic mass is 16.5. The normalized spacial score (nSPS) is 34.0. The molecule has 1 N–H and O–H groups in total. The third kappa shape index (κ3) is 10.3. The highest BCUT2D eigenvalue weighted by Crippen LogP contribution is 2.68. The summed E-state index contributed by atoms with van der Waals surface area (Å²) in [6.45, 7) is 9.95. The summed E-state index contributed by atoms with van der Waals surface area (Å²) in [7, 11) is 1.51. The highest BCUT2D eigenvalue weighted by Gasteiger charge is 2.60. The highest BCUT2D eigenvalue weighted by molar-refractivity contribution is 5.76. The molecule has 0 saturated heterocycles. The summed E-state index contributed by atoms with van der Waals surface area (Å²) >= 11 is 0. The number of nitrogens with one attached hydrogen (secondary N) is 1. The number of amides is 1. The lowest BCUT2D eigenvalue weighted by Gasteiger charge is -2.61. The molecule has 4 aliphatic carbocycles. The van der Waals surface area contributed by atoms with Crippen molar-refractivity contribution >= 4 is 11.9 Å². The number of rotatable bonds is 20. The number of hydrogen-bond donors (Lipinski definition) is 1. The van der Waals surface area contributed by atoms with Crippen LogP contribution in [0, 0.1) is 46.3 Å². The number of fused-ring (bicyclic) bond motifs is 5. The van der Waals surface area contributed by atoms with Gasteiger partial charge in [-0.1, -0.05) is 91.2 Å². The fourth-order valence-electron chi connectivity index (χ4n) is 11.7. The van der Waals surface area contributed by atoms with E-state index in [0.717, 1.165) is 42.4 Å². The van der Waals surface area contributed by atoms with Gasteiger partial charge in [-0.05, 0) is 143 Å². The van der Waals surface area contributed by atoms with Crippen LogP contribution in [0.15, 0.2) is 12.2 Å². The number of allylic oxidation sites excluding steroid dienone is 2. The van der Waals surface area contributed by atoms with Crippen LogP contribution in [0.1, 0.15) is 188 Å². The number of esters is 1. The second kappa shape index (κ2) is 19.2. The summed E-state index contributed by atoms with van der Waals surface area (Å²) < 4.78 is 4.95. The summed E-state index contributed by atoms with van der Waals surface area (Å²) in [5.74, 6) is 4.94. The number of carbonyl (C=O) groups excluding carboxylic acids is 2. The lowest BCUT2D eigenvalue weighted by atomic mass is 9.44. The minimum atomic E-state index is -0.0543. The van der Waals surface area contributed by atoms with Gasteiger partial charge in [-0.25, -0.2) is 0 Å². The molecule has 1 amide bonds. The van der Waals surface area contributed by atoms with Crippen molar-refractivity contribution in [1.29, 1.82) is 0 Å². The quantitative estimate of drug-likeness (QED) is 0.0808. The van der Waals surface area contributed by atoms with Gasteiger partial charge in [0.15, 0.2) is 0 Å². The standard InChI is InChI=1S/C43H75NO3/c1-6-7-8-9-10-11-12-13-14-15-16-17-18-19-20-21-40(45)44-35-28-30-42(3)34(32-35)23-24-36-38-26-25-37(33(2)22-27-41(46)47-5)43(38,4)31-29-39(36)42/h13-14,33-39H,6-12,15-32H2,1-5H3,(H,44,45)/b14-13-/t33-,34?,35+,36+,37-,38+,39+,42+,43-/m1/s1.